The summed E-state index contributed by atoms with van der Waals surface area (Å²) in [7, 11) is 0. The molecule has 1 saturated heterocycles. The molecule has 2 heterocycles. The fourth-order valence-corrected chi connectivity index (χ4v) is 2.90. The first kappa shape index (κ1) is 11.3. The van der Waals surface area contributed by atoms with Gasteiger partial charge >= 0.3 is 0 Å². The lowest BCUT2D eigenvalue weighted by Crippen LogP contribution is -2.32. The Morgan fingerprint density at radius 3 is 3.25 bits per heavy atom. The van der Waals surface area contributed by atoms with Gasteiger partial charge in [0.25, 0.3) is 0 Å². The predicted molar refractivity (Wildman–Crippen MR) is 65.1 cm³/mol. The number of thioether (sulfide) groups is 1. The summed E-state index contributed by atoms with van der Waals surface area (Å²) in [5, 5.41) is 7.47. The maximum atomic E-state index is 11.6. The van der Waals surface area contributed by atoms with Crippen LogP contribution >= 0.6 is 11.8 Å². The summed E-state index contributed by atoms with van der Waals surface area (Å²) in [4.78, 5) is 11.6. The van der Waals surface area contributed by atoms with Crippen molar-refractivity contribution in [3.8, 4) is 0 Å². The molecule has 5 nitrogen and oxygen atoms in total. The highest BCUT2D eigenvalue weighted by Gasteiger charge is 2.16. The number of aromatic nitrogens is 2. The summed E-state index contributed by atoms with van der Waals surface area (Å²) in [6.45, 7) is 1.01. The first-order valence-electron chi connectivity index (χ1n) is 5.40. The average molecular weight is 240 g/mol. The van der Waals surface area contributed by atoms with Crippen molar-refractivity contribution in [1.29, 1.82) is 0 Å². The van der Waals surface area contributed by atoms with Gasteiger partial charge in [-0.25, -0.2) is 0 Å². The minimum absolute atomic E-state index is 0.00407. The van der Waals surface area contributed by atoms with E-state index in [1.54, 1.807) is 17.1 Å². The minimum Gasteiger partial charge on any atom is -0.396 e. The molecule has 1 aromatic rings. The second-order valence-corrected chi connectivity index (χ2v) is 5.32. The number of carbonyl (C=O) groups excluding carboxylic acids is 1. The summed E-state index contributed by atoms with van der Waals surface area (Å²) < 4.78 is 1.55. The van der Waals surface area contributed by atoms with E-state index in [0.29, 0.717) is 10.9 Å². The summed E-state index contributed by atoms with van der Waals surface area (Å²) in [6.07, 6.45) is 5.67. The summed E-state index contributed by atoms with van der Waals surface area (Å²) in [5.74, 6) is 1.21. The van der Waals surface area contributed by atoms with Gasteiger partial charge in [0.05, 0.1) is 11.9 Å². The molecule has 1 atom stereocenters. The number of carbonyl (C=O) groups is 1. The molecule has 0 aromatic carbocycles. The summed E-state index contributed by atoms with van der Waals surface area (Å²) in [6, 6.07) is 0. The Morgan fingerprint density at radius 1 is 1.75 bits per heavy atom. The quantitative estimate of drug-likeness (QED) is 0.802. The molecule has 0 radical (unpaired) electrons. The van der Waals surface area contributed by atoms with Gasteiger partial charge in [0.2, 0.25) is 5.91 Å². The van der Waals surface area contributed by atoms with Crippen molar-refractivity contribution in [2.45, 2.75) is 24.6 Å². The fourth-order valence-electron chi connectivity index (χ4n) is 1.70. The van der Waals surface area contributed by atoms with Crippen LogP contribution in [-0.2, 0) is 11.3 Å². The van der Waals surface area contributed by atoms with E-state index >= 15 is 0 Å². The molecule has 1 fully saturated rings. The molecule has 1 amide bonds. The van der Waals surface area contributed by atoms with Crippen LogP contribution in [0.5, 0.6) is 0 Å². The van der Waals surface area contributed by atoms with E-state index in [9.17, 15) is 4.79 Å². The number of hydrogen-bond acceptors (Lipinski definition) is 4. The molecule has 2 rings (SSSR count). The Labute approximate surface area is 98.8 Å². The van der Waals surface area contributed by atoms with Gasteiger partial charge in [0.1, 0.15) is 6.54 Å². The Balaban J connectivity index is 1.71. The van der Waals surface area contributed by atoms with Gasteiger partial charge in [-0.2, -0.15) is 16.9 Å². The van der Waals surface area contributed by atoms with Crippen LogP contribution in [-0.4, -0.2) is 33.2 Å². The monoisotopic (exact) mass is 240 g/mol. The van der Waals surface area contributed by atoms with E-state index in [1.807, 2.05) is 11.8 Å². The third-order valence-electron chi connectivity index (χ3n) is 2.51. The minimum atomic E-state index is -0.00407. The smallest absolute Gasteiger partial charge is 0.241 e. The Bertz CT molecular complexity index is 359. The molecule has 0 bridgehead atoms. The molecule has 16 heavy (non-hydrogen) atoms. The van der Waals surface area contributed by atoms with Crippen molar-refractivity contribution in [1.82, 2.24) is 15.1 Å². The van der Waals surface area contributed by atoms with Gasteiger partial charge in [0, 0.05) is 18.0 Å². The number of nitrogens with zero attached hydrogens (tertiary/aromatic N) is 2. The topological polar surface area (TPSA) is 72.9 Å². The molecule has 6 heteroatoms. The van der Waals surface area contributed by atoms with E-state index in [1.165, 1.54) is 18.6 Å². The summed E-state index contributed by atoms with van der Waals surface area (Å²) >= 11 is 1.94. The van der Waals surface area contributed by atoms with Gasteiger partial charge in [-0.05, 0) is 18.6 Å². The van der Waals surface area contributed by atoms with E-state index in [0.717, 1.165) is 6.54 Å². The van der Waals surface area contributed by atoms with Crippen molar-refractivity contribution >= 4 is 23.4 Å². The zero-order valence-corrected chi connectivity index (χ0v) is 9.87. The largest absolute Gasteiger partial charge is 0.396 e. The lowest BCUT2D eigenvalue weighted by atomic mass is 10.2. The summed E-state index contributed by atoms with van der Waals surface area (Å²) in [5.41, 5.74) is 6.09. The van der Waals surface area contributed by atoms with Crippen LogP contribution in [0.25, 0.3) is 0 Å². The van der Waals surface area contributed by atoms with E-state index in [2.05, 4.69) is 10.4 Å². The van der Waals surface area contributed by atoms with Crippen molar-refractivity contribution < 1.29 is 4.79 Å². The standard InChI is InChI=1S/C10H16N4OS/c11-8-4-13-14(6-8)7-10(15)12-5-9-2-1-3-16-9/h4,6,9H,1-3,5,7,11H2,(H,12,15). The maximum Gasteiger partial charge on any atom is 0.241 e. The first-order chi connectivity index (χ1) is 7.74. The molecule has 0 aliphatic carbocycles. The second-order valence-electron chi connectivity index (χ2n) is 3.91. The van der Waals surface area contributed by atoms with Gasteiger partial charge in [-0.3, -0.25) is 9.48 Å². The lowest BCUT2D eigenvalue weighted by molar-refractivity contribution is -0.121. The van der Waals surface area contributed by atoms with Crippen molar-refractivity contribution in [3.63, 3.8) is 0 Å². The van der Waals surface area contributed by atoms with Crippen LogP contribution < -0.4 is 11.1 Å². The molecule has 1 unspecified atom stereocenters. The lowest BCUT2D eigenvalue weighted by Gasteiger charge is -2.09. The maximum absolute atomic E-state index is 11.6. The molecule has 88 valence electrons. The Hall–Kier alpha value is -1.17. The van der Waals surface area contributed by atoms with Crippen molar-refractivity contribution in [3.05, 3.63) is 12.4 Å². The zero-order chi connectivity index (χ0) is 11.4. The van der Waals surface area contributed by atoms with Crippen LogP contribution in [0.2, 0.25) is 0 Å². The zero-order valence-electron chi connectivity index (χ0n) is 9.06. The van der Waals surface area contributed by atoms with Crippen LogP contribution in [0, 0.1) is 0 Å². The second kappa shape index (κ2) is 5.25. The number of rotatable bonds is 4. The third kappa shape index (κ3) is 3.16. The highest BCUT2D eigenvalue weighted by Crippen LogP contribution is 2.25. The van der Waals surface area contributed by atoms with Gasteiger partial charge in [-0.1, -0.05) is 0 Å². The highest BCUT2D eigenvalue weighted by atomic mass is 32.2. The molecular weight excluding hydrogens is 224 g/mol. The average Bonchev–Trinajstić information content (AvgIpc) is 2.87. The van der Waals surface area contributed by atoms with E-state index < -0.39 is 0 Å². The number of nitrogen functional groups attached to an aromatic ring is 1. The van der Waals surface area contributed by atoms with E-state index in [4.69, 9.17) is 5.73 Å². The van der Waals surface area contributed by atoms with Gasteiger partial charge in [-0.15, -0.1) is 0 Å². The first-order valence-corrected chi connectivity index (χ1v) is 6.45. The Morgan fingerprint density at radius 2 is 2.62 bits per heavy atom. The molecule has 0 spiro atoms. The molecule has 3 N–H and O–H groups in total. The Kier molecular flexibility index (Phi) is 3.71. The van der Waals surface area contributed by atoms with Gasteiger partial charge in [0.15, 0.2) is 0 Å². The third-order valence-corrected chi connectivity index (χ3v) is 3.91. The van der Waals surface area contributed by atoms with Crippen LogP contribution in [0.4, 0.5) is 5.69 Å². The van der Waals surface area contributed by atoms with E-state index in [-0.39, 0.29) is 12.5 Å². The van der Waals surface area contributed by atoms with Crippen LogP contribution in [0.3, 0.4) is 0 Å². The highest BCUT2D eigenvalue weighted by molar-refractivity contribution is 8.00. The van der Waals surface area contributed by atoms with Crippen molar-refractivity contribution in [2.75, 3.05) is 18.0 Å². The normalized spacial score (nSPS) is 19.9. The molecule has 1 aromatic heterocycles. The van der Waals surface area contributed by atoms with Crippen LogP contribution in [0.15, 0.2) is 12.4 Å². The number of nitrogens with two attached hydrogens (primary N) is 1. The predicted octanol–water partition coefficient (Wildman–Crippen LogP) is 0.477. The SMILES string of the molecule is Nc1cnn(CC(=O)NCC2CCCS2)c1. The molecular formula is C10H16N4OS. The fraction of sp³-hybridized carbons (Fsp3) is 0.600. The molecule has 1 aliphatic heterocycles. The van der Waals surface area contributed by atoms with Gasteiger partial charge < -0.3 is 11.1 Å². The van der Waals surface area contributed by atoms with Crippen molar-refractivity contribution in [2.24, 2.45) is 0 Å². The molecule has 0 saturated carbocycles. The number of anilines is 1. The van der Waals surface area contributed by atoms with Crippen LogP contribution in [0.1, 0.15) is 12.8 Å². The molecule has 1 aliphatic rings. The number of amides is 1. The number of hydrogen-bond donors (Lipinski definition) is 2. The number of nitrogens with one attached hydrogen (secondary N) is 1.